The van der Waals surface area contributed by atoms with Crippen molar-refractivity contribution in [3.8, 4) is 11.8 Å². The minimum Gasteiger partial charge on any atom is -0.464 e. The summed E-state index contributed by atoms with van der Waals surface area (Å²) in [5.74, 6) is 4.01. The van der Waals surface area contributed by atoms with Crippen LogP contribution in [0.5, 0.6) is 0 Å². The average Bonchev–Trinajstić information content (AvgIpc) is 3.05. The van der Waals surface area contributed by atoms with Gasteiger partial charge in [-0.25, -0.2) is 9.18 Å². The van der Waals surface area contributed by atoms with Gasteiger partial charge in [0.1, 0.15) is 11.9 Å². The molecular formula is C30H43FN2O3. The molecule has 198 valence electrons. The number of carbonyl (C=O) groups is 2. The molecule has 0 aliphatic heterocycles. The fourth-order valence-electron chi connectivity index (χ4n) is 2.39. The first kappa shape index (κ1) is 34.6. The summed E-state index contributed by atoms with van der Waals surface area (Å²) in [7, 11) is 0. The van der Waals surface area contributed by atoms with Gasteiger partial charge in [0.15, 0.2) is 0 Å². The molecule has 1 amide bonds. The lowest BCUT2D eigenvalue weighted by molar-refractivity contribution is -0.147. The highest BCUT2D eigenvalue weighted by molar-refractivity contribution is 5.83. The smallest absolute Gasteiger partial charge is 0.329 e. The maximum atomic E-state index is 13.1. The Morgan fingerprint density at radius 1 is 1.22 bits per heavy atom. The number of nitrogens with two attached hydrogens (primary N) is 1. The van der Waals surface area contributed by atoms with Crippen LogP contribution in [0.1, 0.15) is 73.8 Å². The SMILES string of the molecule is C/C=C\C.CC.CC1=CCC(C)=CC=C1.CCOC(=O)C(CC#Cc1cc(F)ccc1N)NC(C)=O. The molecule has 0 aromatic heterocycles. The lowest BCUT2D eigenvalue weighted by Gasteiger charge is -2.13. The van der Waals surface area contributed by atoms with Crippen molar-refractivity contribution in [2.45, 2.75) is 74.3 Å². The van der Waals surface area contributed by atoms with E-state index in [-0.39, 0.29) is 18.9 Å². The number of esters is 1. The van der Waals surface area contributed by atoms with Crippen LogP contribution in [0.15, 0.2) is 65.8 Å². The minimum atomic E-state index is -0.857. The Bertz CT molecular complexity index is 973. The van der Waals surface area contributed by atoms with Crippen molar-refractivity contribution in [2.24, 2.45) is 0 Å². The Hall–Kier alpha value is -3.59. The van der Waals surface area contributed by atoms with Crippen molar-refractivity contribution in [1.82, 2.24) is 5.32 Å². The van der Waals surface area contributed by atoms with E-state index in [0.717, 1.165) is 6.42 Å². The molecular weight excluding hydrogens is 455 g/mol. The molecule has 0 fully saturated rings. The highest BCUT2D eigenvalue weighted by Gasteiger charge is 2.19. The van der Waals surface area contributed by atoms with Gasteiger partial charge in [-0.1, -0.05) is 73.3 Å². The van der Waals surface area contributed by atoms with E-state index in [1.165, 1.54) is 36.3 Å². The Labute approximate surface area is 217 Å². The van der Waals surface area contributed by atoms with Gasteiger partial charge in [0, 0.05) is 19.0 Å². The van der Waals surface area contributed by atoms with Crippen LogP contribution in [-0.2, 0) is 14.3 Å². The van der Waals surface area contributed by atoms with Crippen molar-refractivity contribution in [3.05, 3.63) is 77.2 Å². The predicted octanol–water partition coefficient (Wildman–Crippen LogP) is 6.66. The van der Waals surface area contributed by atoms with Crippen molar-refractivity contribution in [2.75, 3.05) is 12.3 Å². The molecule has 1 aromatic rings. The maximum absolute atomic E-state index is 13.1. The Kier molecular flexibility index (Phi) is 21.0. The molecule has 6 heteroatoms. The number of carbonyl (C=O) groups excluding carboxylic acids is 2. The highest BCUT2D eigenvalue weighted by Crippen LogP contribution is 2.12. The Morgan fingerprint density at radius 2 is 1.86 bits per heavy atom. The second-order valence-corrected chi connectivity index (χ2v) is 7.43. The summed E-state index contributed by atoms with van der Waals surface area (Å²) in [5, 5.41) is 2.46. The van der Waals surface area contributed by atoms with Crippen molar-refractivity contribution < 1.29 is 18.7 Å². The number of nitrogens with one attached hydrogen (secondary N) is 1. The standard InChI is InChI=1S/C15H17FN2O3.C9H12.C4H8.C2H6/c1-3-21-15(20)14(18-10(2)19)6-4-5-11-9-12(16)7-8-13(11)17;1-8-4-3-5-9(2)7-6-8;1-3-4-2;1-2/h7-9,14H,3,6,17H2,1-2H3,(H,18,19);3-6H,7H2,1-2H3;3-4H,1-2H3;1-2H3/b;;4-3-;. The van der Waals surface area contributed by atoms with Gasteiger partial charge in [-0.05, 0) is 59.2 Å². The number of nitrogen functional groups attached to an aromatic ring is 1. The van der Waals surface area contributed by atoms with Crippen LogP contribution < -0.4 is 11.1 Å². The number of halogens is 1. The summed E-state index contributed by atoms with van der Waals surface area (Å²) in [6.45, 7) is 15.5. The molecule has 1 unspecified atom stereocenters. The third kappa shape index (κ3) is 17.8. The first-order valence-corrected chi connectivity index (χ1v) is 12.2. The first-order chi connectivity index (χ1) is 17.1. The van der Waals surface area contributed by atoms with Crippen molar-refractivity contribution in [1.29, 1.82) is 0 Å². The monoisotopic (exact) mass is 498 g/mol. The third-order valence-corrected chi connectivity index (χ3v) is 4.31. The molecule has 0 bridgehead atoms. The zero-order valence-corrected chi connectivity index (χ0v) is 23.1. The summed E-state index contributed by atoms with van der Waals surface area (Å²) in [6, 6.07) is 3.00. The quantitative estimate of drug-likeness (QED) is 0.210. The second kappa shape index (κ2) is 21.9. The van der Waals surface area contributed by atoms with Gasteiger partial charge in [-0.3, -0.25) is 4.79 Å². The second-order valence-electron chi connectivity index (χ2n) is 7.43. The number of hydrogen-bond acceptors (Lipinski definition) is 4. The number of hydrogen-bond donors (Lipinski definition) is 2. The van der Waals surface area contributed by atoms with Gasteiger partial charge in [-0.2, -0.15) is 0 Å². The summed E-state index contributed by atoms with van der Waals surface area (Å²) < 4.78 is 17.9. The zero-order chi connectivity index (χ0) is 27.9. The molecule has 1 aromatic carbocycles. The molecule has 1 aliphatic rings. The van der Waals surface area contributed by atoms with Gasteiger partial charge in [0.2, 0.25) is 5.91 Å². The number of rotatable bonds is 4. The van der Waals surface area contributed by atoms with Crippen LogP contribution in [0, 0.1) is 17.7 Å². The molecule has 0 spiro atoms. The molecule has 3 N–H and O–H groups in total. The lowest BCUT2D eigenvalue weighted by atomic mass is 10.1. The van der Waals surface area contributed by atoms with E-state index >= 15 is 0 Å². The van der Waals surface area contributed by atoms with Gasteiger partial charge in [0.05, 0.1) is 12.2 Å². The number of amides is 1. The number of benzene rings is 1. The summed E-state index contributed by atoms with van der Waals surface area (Å²) in [4.78, 5) is 22.7. The van der Waals surface area contributed by atoms with E-state index in [2.05, 4.69) is 55.3 Å². The zero-order valence-electron chi connectivity index (χ0n) is 23.1. The van der Waals surface area contributed by atoms with Crippen molar-refractivity contribution >= 4 is 17.6 Å². The fraction of sp³-hybridized carbons (Fsp3) is 0.400. The van der Waals surface area contributed by atoms with E-state index in [9.17, 15) is 14.0 Å². The number of ether oxygens (including phenoxy) is 1. The average molecular weight is 499 g/mol. The molecule has 1 aliphatic carbocycles. The topological polar surface area (TPSA) is 81.4 Å². The van der Waals surface area contributed by atoms with E-state index < -0.39 is 17.8 Å². The Balaban J connectivity index is 0. The van der Waals surface area contributed by atoms with E-state index in [1.807, 2.05) is 39.8 Å². The summed E-state index contributed by atoms with van der Waals surface area (Å²) >= 11 is 0. The van der Waals surface area contributed by atoms with E-state index in [0.29, 0.717) is 11.3 Å². The van der Waals surface area contributed by atoms with Crippen LogP contribution in [0.2, 0.25) is 0 Å². The summed E-state index contributed by atoms with van der Waals surface area (Å²) in [5.41, 5.74) is 9.14. The van der Waals surface area contributed by atoms with Gasteiger partial charge in [-0.15, -0.1) is 0 Å². The largest absolute Gasteiger partial charge is 0.464 e. The molecule has 5 nitrogen and oxygen atoms in total. The minimum absolute atomic E-state index is 0.0500. The molecule has 0 saturated carbocycles. The van der Waals surface area contributed by atoms with Crippen molar-refractivity contribution in [3.63, 3.8) is 0 Å². The van der Waals surface area contributed by atoms with Gasteiger partial charge < -0.3 is 15.8 Å². The van der Waals surface area contributed by atoms with Gasteiger partial charge in [0.25, 0.3) is 0 Å². The molecule has 0 radical (unpaired) electrons. The van der Waals surface area contributed by atoms with Crippen LogP contribution in [-0.4, -0.2) is 24.5 Å². The fourth-order valence-corrected chi connectivity index (χ4v) is 2.39. The third-order valence-electron chi connectivity index (χ3n) is 4.31. The van der Waals surface area contributed by atoms with Crippen LogP contribution in [0.25, 0.3) is 0 Å². The molecule has 1 atom stereocenters. The molecule has 0 saturated heterocycles. The molecule has 2 rings (SSSR count). The van der Waals surface area contributed by atoms with Crippen LogP contribution in [0.3, 0.4) is 0 Å². The molecule has 0 heterocycles. The predicted molar refractivity (Wildman–Crippen MR) is 150 cm³/mol. The Morgan fingerprint density at radius 3 is 2.42 bits per heavy atom. The number of allylic oxidation sites excluding steroid dienone is 8. The van der Waals surface area contributed by atoms with Gasteiger partial charge >= 0.3 is 5.97 Å². The maximum Gasteiger partial charge on any atom is 0.329 e. The lowest BCUT2D eigenvalue weighted by Crippen LogP contribution is -2.40. The van der Waals surface area contributed by atoms with Crippen LogP contribution in [0.4, 0.5) is 10.1 Å². The van der Waals surface area contributed by atoms with E-state index in [4.69, 9.17) is 10.5 Å². The number of anilines is 1. The normalized spacial score (nSPS) is 12.2. The summed E-state index contributed by atoms with van der Waals surface area (Å²) in [6.07, 6.45) is 13.8. The molecule has 36 heavy (non-hydrogen) atoms. The van der Waals surface area contributed by atoms with E-state index in [1.54, 1.807) is 6.92 Å². The van der Waals surface area contributed by atoms with Crippen LogP contribution >= 0.6 is 0 Å². The first-order valence-electron chi connectivity index (χ1n) is 12.2. The highest BCUT2D eigenvalue weighted by atomic mass is 19.1.